The standard InChI is InChI=1S/C10H8BrN3/c11-9-6-8(7-13)2-3-10(9)14-5-1-4-12/h2-3,6,14H,1,5H2. The largest absolute Gasteiger partial charge is 0.383 e. The van der Waals surface area contributed by atoms with Gasteiger partial charge in [-0.1, -0.05) is 0 Å². The second-order valence-corrected chi connectivity index (χ2v) is 3.50. The average Bonchev–Trinajstić information content (AvgIpc) is 2.20. The summed E-state index contributed by atoms with van der Waals surface area (Å²) < 4.78 is 0.842. The van der Waals surface area contributed by atoms with Gasteiger partial charge in [-0.3, -0.25) is 0 Å². The average molecular weight is 250 g/mol. The Hall–Kier alpha value is -1.52. The van der Waals surface area contributed by atoms with Crippen LogP contribution in [0.3, 0.4) is 0 Å². The van der Waals surface area contributed by atoms with Crippen molar-refractivity contribution in [3.05, 3.63) is 28.2 Å². The van der Waals surface area contributed by atoms with Crippen LogP contribution >= 0.6 is 15.9 Å². The SMILES string of the molecule is N#CCCNc1ccc(C#N)cc1Br. The van der Waals surface area contributed by atoms with Gasteiger partial charge in [-0.25, -0.2) is 0 Å². The molecule has 0 spiro atoms. The molecule has 0 aromatic heterocycles. The highest BCUT2D eigenvalue weighted by atomic mass is 79.9. The second kappa shape index (κ2) is 5.26. The molecule has 4 heteroatoms. The van der Waals surface area contributed by atoms with Gasteiger partial charge in [-0.2, -0.15) is 10.5 Å². The van der Waals surface area contributed by atoms with E-state index in [0.717, 1.165) is 10.2 Å². The summed E-state index contributed by atoms with van der Waals surface area (Å²) in [4.78, 5) is 0. The van der Waals surface area contributed by atoms with Crippen LogP contribution in [-0.4, -0.2) is 6.54 Å². The van der Waals surface area contributed by atoms with Crippen molar-refractivity contribution in [2.75, 3.05) is 11.9 Å². The van der Waals surface area contributed by atoms with Gasteiger partial charge in [0.2, 0.25) is 0 Å². The lowest BCUT2D eigenvalue weighted by atomic mass is 10.2. The number of nitrogens with zero attached hydrogens (tertiary/aromatic N) is 2. The highest BCUT2D eigenvalue weighted by Crippen LogP contribution is 2.23. The Bertz CT molecular complexity index is 401. The van der Waals surface area contributed by atoms with E-state index in [4.69, 9.17) is 10.5 Å². The van der Waals surface area contributed by atoms with Crippen molar-refractivity contribution in [1.29, 1.82) is 10.5 Å². The molecule has 1 N–H and O–H groups in total. The third-order valence-electron chi connectivity index (χ3n) is 1.65. The molecule has 0 saturated carbocycles. The molecule has 0 fully saturated rings. The summed E-state index contributed by atoms with van der Waals surface area (Å²) in [5.74, 6) is 0. The summed E-state index contributed by atoms with van der Waals surface area (Å²) >= 11 is 3.34. The molecule has 0 unspecified atom stereocenters. The first kappa shape index (κ1) is 10.6. The fourth-order valence-electron chi connectivity index (χ4n) is 0.981. The van der Waals surface area contributed by atoms with Gasteiger partial charge in [0.25, 0.3) is 0 Å². The molecule has 0 heterocycles. The van der Waals surface area contributed by atoms with E-state index in [0.29, 0.717) is 18.5 Å². The van der Waals surface area contributed by atoms with Crippen LogP contribution in [0.4, 0.5) is 5.69 Å². The maximum atomic E-state index is 8.63. The fourth-order valence-corrected chi connectivity index (χ4v) is 1.50. The van der Waals surface area contributed by atoms with E-state index in [1.54, 1.807) is 12.1 Å². The Morgan fingerprint density at radius 1 is 1.36 bits per heavy atom. The second-order valence-electron chi connectivity index (χ2n) is 2.64. The Labute approximate surface area is 91.1 Å². The maximum absolute atomic E-state index is 8.63. The summed E-state index contributed by atoms with van der Waals surface area (Å²) in [7, 11) is 0. The molecular formula is C10H8BrN3. The minimum atomic E-state index is 0.465. The van der Waals surface area contributed by atoms with Gasteiger partial charge in [0.05, 0.1) is 24.1 Å². The lowest BCUT2D eigenvalue weighted by Crippen LogP contribution is -2.00. The van der Waals surface area contributed by atoms with Crippen LogP contribution in [0.15, 0.2) is 22.7 Å². The Balaban J connectivity index is 2.71. The van der Waals surface area contributed by atoms with Crippen LogP contribution in [0.1, 0.15) is 12.0 Å². The molecule has 1 aromatic rings. The van der Waals surface area contributed by atoms with E-state index >= 15 is 0 Å². The van der Waals surface area contributed by atoms with E-state index in [9.17, 15) is 0 Å². The third-order valence-corrected chi connectivity index (χ3v) is 2.31. The van der Waals surface area contributed by atoms with Gasteiger partial charge < -0.3 is 5.32 Å². The number of anilines is 1. The van der Waals surface area contributed by atoms with Gasteiger partial charge in [0.1, 0.15) is 0 Å². The van der Waals surface area contributed by atoms with Crippen molar-refractivity contribution in [3.63, 3.8) is 0 Å². The van der Waals surface area contributed by atoms with Crippen LogP contribution in [0.25, 0.3) is 0 Å². The molecule has 14 heavy (non-hydrogen) atoms. The number of benzene rings is 1. The Morgan fingerprint density at radius 3 is 2.71 bits per heavy atom. The molecule has 1 aromatic carbocycles. The molecule has 70 valence electrons. The van der Waals surface area contributed by atoms with Gasteiger partial charge >= 0.3 is 0 Å². The first-order chi connectivity index (χ1) is 6.77. The molecule has 0 radical (unpaired) electrons. The molecule has 0 aliphatic carbocycles. The summed E-state index contributed by atoms with van der Waals surface area (Å²) in [6.07, 6.45) is 0.465. The zero-order valence-corrected chi connectivity index (χ0v) is 9.00. The van der Waals surface area contributed by atoms with E-state index in [1.807, 2.05) is 12.1 Å². The molecule has 0 atom stereocenters. The summed E-state index contributed by atoms with van der Waals surface area (Å²) in [5.41, 5.74) is 1.52. The number of hydrogen-bond acceptors (Lipinski definition) is 3. The van der Waals surface area contributed by atoms with Gasteiger partial charge in [-0.05, 0) is 34.1 Å². The quantitative estimate of drug-likeness (QED) is 0.839. The minimum absolute atomic E-state index is 0.465. The number of rotatable bonds is 3. The monoisotopic (exact) mass is 249 g/mol. The third kappa shape index (κ3) is 2.76. The highest BCUT2D eigenvalue weighted by molar-refractivity contribution is 9.10. The normalized spacial score (nSPS) is 8.79. The molecular weight excluding hydrogens is 242 g/mol. The Morgan fingerprint density at radius 2 is 2.14 bits per heavy atom. The molecule has 0 aliphatic rings. The van der Waals surface area contributed by atoms with E-state index in [1.165, 1.54) is 0 Å². The molecule has 3 nitrogen and oxygen atoms in total. The van der Waals surface area contributed by atoms with Crippen molar-refractivity contribution >= 4 is 21.6 Å². The first-order valence-corrected chi connectivity index (χ1v) is 4.87. The van der Waals surface area contributed by atoms with Crippen LogP contribution in [0.5, 0.6) is 0 Å². The molecule has 1 rings (SSSR count). The van der Waals surface area contributed by atoms with Gasteiger partial charge in [0, 0.05) is 16.7 Å². The van der Waals surface area contributed by atoms with E-state index in [2.05, 4.69) is 27.3 Å². The molecule has 0 amide bonds. The van der Waals surface area contributed by atoms with Crippen molar-refractivity contribution in [2.24, 2.45) is 0 Å². The van der Waals surface area contributed by atoms with E-state index < -0.39 is 0 Å². The van der Waals surface area contributed by atoms with Gasteiger partial charge in [0.15, 0.2) is 0 Å². The molecule has 0 bridgehead atoms. The van der Waals surface area contributed by atoms with Crippen molar-refractivity contribution < 1.29 is 0 Å². The van der Waals surface area contributed by atoms with Crippen molar-refractivity contribution in [1.82, 2.24) is 0 Å². The number of nitrogens with one attached hydrogen (secondary N) is 1. The number of nitriles is 2. The fraction of sp³-hybridized carbons (Fsp3) is 0.200. The molecule has 0 saturated heterocycles. The zero-order valence-electron chi connectivity index (χ0n) is 7.42. The predicted octanol–water partition coefficient (Wildman–Crippen LogP) is 2.65. The number of hydrogen-bond donors (Lipinski definition) is 1. The lowest BCUT2D eigenvalue weighted by Gasteiger charge is -2.06. The summed E-state index contributed by atoms with van der Waals surface area (Å²) in [5, 5.41) is 20.1. The van der Waals surface area contributed by atoms with E-state index in [-0.39, 0.29) is 0 Å². The zero-order chi connectivity index (χ0) is 10.4. The first-order valence-electron chi connectivity index (χ1n) is 4.08. The van der Waals surface area contributed by atoms with Crippen LogP contribution in [0, 0.1) is 22.7 Å². The van der Waals surface area contributed by atoms with Crippen LogP contribution in [0.2, 0.25) is 0 Å². The van der Waals surface area contributed by atoms with Gasteiger partial charge in [-0.15, -0.1) is 0 Å². The van der Waals surface area contributed by atoms with Crippen LogP contribution < -0.4 is 5.32 Å². The Kier molecular flexibility index (Phi) is 3.97. The topological polar surface area (TPSA) is 59.6 Å². The minimum Gasteiger partial charge on any atom is -0.383 e. The predicted molar refractivity (Wildman–Crippen MR) is 57.6 cm³/mol. The molecule has 0 aliphatic heterocycles. The highest BCUT2D eigenvalue weighted by Gasteiger charge is 1.99. The lowest BCUT2D eigenvalue weighted by molar-refractivity contribution is 1.07. The van der Waals surface area contributed by atoms with Crippen molar-refractivity contribution in [2.45, 2.75) is 6.42 Å². The maximum Gasteiger partial charge on any atom is 0.0992 e. The van der Waals surface area contributed by atoms with Crippen LogP contribution in [-0.2, 0) is 0 Å². The summed E-state index contributed by atoms with van der Waals surface area (Å²) in [6.45, 7) is 0.612. The number of halogens is 1. The smallest absolute Gasteiger partial charge is 0.0992 e. The summed E-state index contributed by atoms with van der Waals surface area (Å²) in [6, 6.07) is 9.40. The van der Waals surface area contributed by atoms with Crippen molar-refractivity contribution in [3.8, 4) is 12.1 Å².